The minimum absolute atomic E-state index is 0.279. The molecule has 2 aromatic rings. The summed E-state index contributed by atoms with van der Waals surface area (Å²) in [6.07, 6.45) is 1.75. The van der Waals surface area contributed by atoms with Crippen LogP contribution < -0.4 is 25.6 Å². The lowest BCUT2D eigenvalue weighted by Gasteiger charge is -2.28. The zero-order valence-corrected chi connectivity index (χ0v) is 15.3. The zero-order valence-electron chi connectivity index (χ0n) is 15.3. The second-order valence-corrected chi connectivity index (χ2v) is 5.94. The van der Waals surface area contributed by atoms with Gasteiger partial charge in [-0.15, -0.1) is 5.10 Å². The summed E-state index contributed by atoms with van der Waals surface area (Å²) in [7, 11) is 1.59. The number of rotatable bonds is 7. The van der Waals surface area contributed by atoms with E-state index < -0.39 is 0 Å². The van der Waals surface area contributed by atoms with E-state index in [1.165, 1.54) is 0 Å². The predicted octanol–water partition coefficient (Wildman–Crippen LogP) is 1.56. The van der Waals surface area contributed by atoms with Crippen LogP contribution in [0.2, 0.25) is 0 Å². The average molecular weight is 372 g/mol. The van der Waals surface area contributed by atoms with E-state index in [-0.39, 0.29) is 6.03 Å². The molecule has 27 heavy (non-hydrogen) atoms. The number of hydrogen-bond acceptors (Lipinski definition) is 7. The van der Waals surface area contributed by atoms with Crippen molar-refractivity contribution in [1.29, 1.82) is 0 Å². The van der Waals surface area contributed by atoms with Crippen LogP contribution in [0.1, 0.15) is 0 Å². The largest absolute Gasteiger partial charge is 0.497 e. The average Bonchev–Trinajstić information content (AvgIpc) is 2.72. The molecular formula is C18H24N6O3. The van der Waals surface area contributed by atoms with Gasteiger partial charge in [-0.1, -0.05) is 6.07 Å². The van der Waals surface area contributed by atoms with Crippen LogP contribution in [0.15, 0.2) is 36.5 Å². The van der Waals surface area contributed by atoms with E-state index in [0.717, 1.165) is 32.0 Å². The third kappa shape index (κ3) is 5.71. The Labute approximate surface area is 158 Å². The van der Waals surface area contributed by atoms with Gasteiger partial charge in [0.2, 0.25) is 0 Å². The number of nitrogens with zero attached hydrogens (tertiary/aromatic N) is 3. The molecule has 1 aromatic carbocycles. The molecule has 9 nitrogen and oxygen atoms in total. The fourth-order valence-corrected chi connectivity index (χ4v) is 2.68. The van der Waals surface area contributed by atoms with Crippen molar-refractivity contribution in [2.24, 2.45) is 0 Å². The molecule has 9 heteroatoms. The Morgan fingerprint density at radius 3 is 2.93 bits per heavy atom. The van der Waals surface area contributed by atoms with Gasteiger partial charge in [-0.05, 0) is 12.1 Å². The number of carbonyl (C=O) groups excluding carboxylic acids is 1. The van der Waals surface area contributed by atoms with E-state index >= 15 is 0 Å². The van der Waals surface area contributed by atoms with Gasteiger partial charge < -0.3 is 30.3 Å². The standard InChI is InChI=1S/C18H24N6O3/c1-26-16-4-2-3-14(11-16)22-18(25)20-6-5-19-17-12-15(13-21-23-17)24-7-9-27-10-8-24/h2-4,11-13H,5-10H2,1H3,(H,19,23)(H2,20,22,25). The highest BCUT2D eigenvalue weighted by Gasteiger charge is 2.12. The predicted molar refractivity (Wildman–Crippen MR) is 104 cm³/mol. The van der Waals surface area contributed by atoms with Crippen LogP contribution in [0.4, 0.5) is 22.0 Å². The Kier molecular flexibility index (Phi) is 6.64. The highest BCUT2D eigenvalue weighted by atomic mass is 16.5. The first-order chi connectivity index (χ1) is 13.2. The Bertz CT molecular complexity index is 751. The third-order valence-corrected chi connectivity index (χ3v) is 4.06. The molecule has 2 amide bonds. The summed E-state index contributed by atoms with van der Waals surface area (Å²) in [6, 6.07) is 8.86. The molecule has 3 rings (SSSR count). The van der Waals surface area contributed by atoms with E-state index in [9.17, 15) is 4.79 Å². The van der Waals surface area contributed by atoms with Gasteiger partial charge in [-0.2, -0.15) is 5.10 Å². The van der Waals surface area contributed by atoms with E-state index in [0.29, 0.717) is 30.3 Å². The van der Waals surface area contributed by atoms with Crippen molar-refractivity contribution < 1.29 is 14.3 Å². The summed E-state index contributed by atoms with van der Waals surface area (Å²) in [5.74, 6) is 1.36. The minimum Gasteiger partial charge on any atom is -0.497 e. The third-order valence-electron chi connectivity index (χ3n) is 4.06. The molecule has 0 saturated carbocycles. The monoisotopic (exact) mass is 372 g/mol. The van der Waals surface area contributed by atoms with Crippen LogP contribution in [0, 0.1) is 0 Å². The van der Waals surface area contributed by atoms with Crippen molar-refractivity contribution in [1.82, 2.24) is 15.5 Å². The molecule has 1 saturated heterocycles. The van der Waals surface area contributed by atoms with Crippen molar-refractivity contribution in [3.05, 3.63) is 36.5 Å². The Hall–Kier alpha value is -3.07. The SMILES string of the molecule is COc1cccc(NC(=O)NCCNc2cc(N3CCOCC3)cnn2)c1. The summed E-state index contributed by atoms with van der Waals surface area (Å²) in [6.45, 7) is 4.11. The van der Waals surface area contributed by atoms with E-state index in [4.69, 9.17) is 9.47 Å². The Balaban J connectivity index is 1.41. The number of aromatic nitrogens is 2. The van der Waals surface area contributed by atoms with E-state index in [1.54, 1.807) is 25.4 Å². The van der Waals surface area contributed by atoms with Crippen molar-refractivity contribution >= 4 is 23.2 Å². The van der Waals surface area contributed by atoms with Gasteiger partial charge in [-0.25, -0.2) is 4.79 Å². The van der Waals surface area contributed by atoms with E-state index in [2.05, 4.69) is 31.0 Å². The fraction of sp³-hybridized carbons (Fsp3) is 0.389. The number of morpholine rings is 1. The highest BCUT2D eigenvalue weighted by molar-refractivity contribution is 5.89. The zero-order chi connectivity index (χ0) is 18.9. The second kappa shape index (κ2) is 9.58. The van der Waals surface area contributed by atoms with Crippen LogP contribution in [0.25, 0.3) is 0 Å². The number of urea groups is 1. The molecule has 0 atom stereocenters. The molecule has 1 aromatic heterocycles. The maximum absolute atomic E-state index is 11.9. The van der Waals surface area contributed by atoms with Gasteiger partial charge in [-0.3, -0.25) is 0 Å². The second-order valence-electron chi connectivity index (χ2n) is 5.94. The number of nitrogens with one attached hydrogen (secondary N) is 3. The smallest absolute Gasteiger partial charge is 0.319 e. The quantitative estimate of drug-likeness (QED) is 0.634. The van der Waals surface area contributed by atoms with Crippen molar-refractivity contribution in [2.45, 2.75) is 0 Å². The van der Waals surface area contributed by atoms with Gasteiger partial charge in [0, 0.05) is 44.0 Å². The first-order valence-electron chi connectivity index (χ1n) is 8.83. The molecule has 0 radical (unpaired) electrons. The molecule has 0 spiro atoms. The fourth-order valence-electron chi connectivity index (χ4n) is 2.68. The molecule has 1 aliphatic rings. The summed E-state index contributed by atoms with van der Waals surface area (Å²) in [4.78, 5) is 14.2. The molecule has 0 aliphatic carbocycles. The summed E-state index contributed by atoms with van der Waals surface area (Å²) in [5, 5.41) is 16.8. The lowest BCUT2D eigenvalue weighted by atomic mass is 10.3. The molecule has 1 fully saturated rings. The van der Waals surface area contributed by atoms with Gasteiger partial charge in [0.05, 0.1) is 32.2 Å². The van der Waals surface area contributed by atoms with E-state index in [1.807, 2.05) is 18.2 Å². The number of amides is 2. The lowest BCUT2D eigenvalue weighted by molar-refractivity contribution is 0.122. The van der Waals surface area contributed by atoms with Crippen LogP contribution in [-0.4, -0.2) is 62.7 Å². The maximum Gasteiger partial charge on any atom is 0.319 e. The number of hydrogen-bond donors (Lipinski definition) is 3. The molecule has 3 N–H and O–H groups in total. The van der Waals surface area contributed by atoms with Crippen LogP contribution in [0.3, 0.4) is 0 Å². The van der Waals surface area contributed by atoms with Gasteiger partial charge >= 0.3 is 6.03 Å². The van der Waals surface area contributed by atoms with Gasteiger partial charge in [0.25, 0.3) is 0 Å². The first kappa shape index (κ1) is 18.7. The molecule has 2 heterocycles. The van der Waals surface area contributed by atoms with Gasteiger partial charge in [0.15, 0.2) is 5.82 Å². The number of anilines is 3. The van der Waals surface area contributed by atoms with Crippen molar-refractivity contribution in [2.75, 3.05) is 62.0 Å². The highest BCUT2D eigenvalue weighted by Crippen LogP contribution is 2.17. The van der Waals surface area contributed by atoms with Crippen LogP contribution in [0.5, 0.6) is 5.75 Å². The minimum atomic E-state index is -0.279. The molecule has 0 bridgehead atoms. The van der Waals surface area contributed by atoms with Crippen LogP contribution in [-0.2, 0) is 4.74 Å². The molecule has 1 aliphatic heterocycles. The summed E-state index contributed by atoms with van der Waals surface area (Å²) >= 11 is 0. The lowest BCUT2D eigenvalue weighted by Crippen LogP contribution is -2.36. The number of carbonyl (C=O) groups is 1. The summed E-state index contributed by atoms with van der Waals surface area (Å²) in [5.41, 5.74) is 1.68. The Morgan fingerprint density at radius 1 is 1.26 bits per heavy atom. The van der Waals surface area contributed by atoms with Crippen molar-refractivity contribution in [3.63, 3.8) is 0 Å². The van der Waals surface area contributed by atoms with Gasteiger partial charge in [0.1, 0.15) is 5.75 Å². The number of benzene rings is 1. The molecule has 0 unspecified atom stereocenters. The maximum atomic E-state index is 11.9. The number of ether oxygens (including phenoxy) is 2. The van der Waals surface area contributed by atoms with Crippen LogP contribution >= 0.6 is 0 Å². The van der Waals surface area contributed by atoms with Crippen molar-refractivity contribution in [3.8, 4) is 5.75 Å². The summed E-state index contributed by atoms with van der Waals surface area (Å²) < 4.78 is 10.5. The normalized spacial score (nSPS) is 13.7. The first-order valence-corrected chi connectivity index (χ1v) is 8.83. The number of methoxy groups -OCH3 is 1. The Morgan fingerprint density at radius 2 is 2.11 bits per heavy atom. The molecule has 144 valence electrons. The topological polar surface area (TPSA) is 101 Å². The molecular weight excluding hydrogens is 348 g/mol.